The van der Waals surface area contributed by atoms with Crippen molar-refractivity contribution < 1.29 is 9.13 Å². The summed E-state index contributed by atoms with van der Waals surface area (Å²) in [6.07, 6.45) is 0. The topological polar surface area (TPSA) is 21.3 Å². The van der Waals surface area contributed by atoms with Crippen LogP contribution in [-0.2, 0) is 6.54 Å². The summed E-state index contributed by atoms with van der Waals surface area (Å²) in [6, 6.07) is 12.8. The first-order valence-corrected chi connectivity index (χ1v) is 5.82. The number of halogens is 1. The molecule has 0 bridgehead atoms. The summed E-state index contributed by atoms with van der Waals surface area (Å²) in [5.41, 5.74) is 2.55. The molecular weight excluding hydrogens is 229 g/mol. The number of benzene rings is 2. The summed E-state index contributed by atoms with van der Waals surface area (Å²) in [7, 11) is 1.64. The molecule has 2 aromatic rings. The predicted octanol–water partition coefficient (Wildman–Crippen LogP) is 3.75. The molecule has 0 unspecified atom stereocenters. The standard InChI is InChI=1S/C15H16FNO/c1-11-14(16)7-4-8-15(11)17-10-12-5-3-6-13(9-12)18-2/h3-9,17H,10H2,1-2H3. The molecule has 0 saturated heterocycles. The summed E-state index contributed by atoms with van der Waals surface area (Å²) in [4.78, 5) is 0. The molecule has 0 heterocycles. The van der Waals surface area contributed by atoms with Crippen molar-refractivity contribution in [3.63, 3.8) is 0 Å². The monoisotopic (exact) mass is 245 g/mol. The van der Waals surface area contributed by atoms with Gasteiger partial charge in [-0.05, 0) is 36.8 Å². The Hall–Kier alpha value is -2.03. The van der Waals surface area contributed by atoms with E-state index in [4.69, 9.17) is 4.74 Å². The summed E-state index contributed by atoms with van der Waals surface area (Å²) in [5, 5.41) is 3.23. The molecular formula is C15H16FNO. The van der Waals surface area contributed by atoms with Crippen molar-refractivity contribution in [2.45, 2.75) is 13.5 Å². The van der Waals surface area contributed by atoms with Gasteiger partial charge in [0.05, 0.1) is 7.11 Å². The molecule has 3 heteroatoms. The van der Waals surface area contributed by atoms with Crippen molar-refractivity contribution in [1.82, 2.24) is 0 Å². The first-order chi connectivity index (χ1) is 8.70. The van der Waals surface area contributed by atoms with Crippen LogP contribution in [0.5, 0.6) is 5.75 Å². The second kappa shape index (κ2) is 5.54. The minimum absolute atomic E-state index is 0.189. The second-order valence-electron chi connectivity index (χ2n) is 4.12. The summed E-state index contributed by atoms with van der Waals surface area (Å²) in [6.45, 7) is 2.41. The van der Waals surface area contributed by atoms with Crippen molar-refractivity contribution in [1.29, 1.82) is 0 Å². The Bertz CT molecular complexity index is 540. The van der Waals surface area contributed by atoms with Crippen LogP contribution < -0.4 is 10.1 Å². The Kier molecular flexibility index (Phi) is 3.82. The minimum atomic E-state index is -0.189. The zero-order chi connectivity index (χ0) is 13.0. The summed E-state index contributed by atoms with van der Waals surface area (Å²) in [5.74, 6) is 0.635. The average Bonchev–Trinajstić information content (AvgIpc) is 2.41. The van der Waals surface area contributed by atoms with E-state index < -0.39 is 0 Å². The maximum absolute atomic E-state index is 13.4. The maximum atomic E-state index is 13.4. The van der Waals surface area contributed by atoms with Gasteiger partial charge in [0.1, 0.15) is 11.6 Å². The smallest absolute Gasteiger partial charge is 0.128 e. The molecule has 0 aliphatic carbocycles. The molecule has 2 nitrogen and oxygen atoms in total. The van der Waals surface area contributed by atoms with E-state index in [2.05, 4.69) is 5.32 Å². The van der Waals surface area contributed by atoms with Crippen molar-refractivity contribution in [3.05, 3.63) is 59.4 Å². The fraction of sp³-hybridized carbons (Fsp3) is 0.200. The molecule has 0 amide bonds. The van der Waals surface area contributed by atoms with E-state index in [0.29, 0.717) is 12.1 Å². The lowest BCUT2D eigenvalue weighted by Crippen LogP contribution is -2.02. The fourth-order valence-electron chi connectivity index (χ4n) is 1.78. The molecule has 0 radical (unpaired) electrons. The molecule has 0 aromatic heterocycles. The van der Waals surface area contributed by atoms with E-state index in [1.165, 1.54) is 6.07 Å². The van der Waals surface area contributed by atoms with Crippen LogP contribution in [0.1, 0.15) is 11.1 Å². The van der Waals surface area contributed by atoms with Gasteiger partial charge in [-0.25, -0.2) is 4.39 Å². The average molecular weight is 245 g/mol. The Morgan fingerprint density at radius 2 is 1.94 bits per heavy atom. The van der Waals surface area contributed by atoms with Crippen LogP contribution in [0.25, 0.3) is 0 Å². The predicted molar refractivity (Wildman–Crippen MR) is 71.5 cm³/mol. The number of anilines is 1. The molecule has 18 heavy (non-hydrogen) atoms. The summed E-state index contributed by atoms with van der Waals surface area (Å²) >= 11 is 0. The van der Waals surface area contributed by atoms with E-state index in [-0.39, 0.29) is 5.82 Å². The highest BCUT2D eigenvalue weighted by Gasteiger charge is 2.03. The van der Waals surface area contributed by atoms with E-state index in [1.807, 2.05) is 30.3 Å². The van der Waals surface area contributed by atoms with Gasteiger partial charge in [0.15, 0.2) is 0 Å². The van der Waals surface area contributed by atoms with Crippen LogP contribution in [-0.4, -0.2) is 7.11 Å². The molecule has 0 spiro atoms. The lowest BCUT2D eigenvalue weighted by molar-refractivity contribution is 0.414. The Morgan fingerprint density at radius 3 is 2.72 bits per heavy atom. The molecule has 1 N–H and O–H groups in total. The molecule has 2 aromatic carbocycles. The second-order valence-corrected chi connectivity index (χ2v) is 4.12. The van der Waals surface area contributed by atoms with Crippen molar-refractivity contribution >= 4 is 5.69 Å². The zero-order valence-corrected chi connectivity index (χ0v) is 10.5. The molecule has 0 atom stereocenters. The van der Waals surface area contributed by atoms with E-state index in [1.54, 1.807) is 20.1 Å². The SMILES string of the molecule is COc1cccc(CNc2cccc(F)c2C)c1. The Balaban J connectivity index is 2.09. The van der Waals surface area contributed by atoms with Gasteiger partial charge in [-0.2, -0.15) is 0 Å². The zero-order valence-electron chi connectivity index (χ0n) is 10.5. The number of nitrogens with one attached hydrogen (secondary N) is 1. The third kappa shape index (κ3) is 2.80. The van der Waals surface area contributed by atoms with Gasteiger partial charge in [0.2, 0.25) is 0 Å². The molecule has 0 aliphatic rings. The molecule has 0 aliphatic heterocycles. The normalized spacial score (nSPS) is 10.2. The number of hydrogen-bond acceptors (Lipinski definition) is 2. The fourth-order valence-corrected chi connectivity index (χ4v) is 1.78. The van der Waals surface area contributed by atoms with E-state index in [0.717, 1.165) is 17.0 Å². The number of ether oxygens (including phenoxy) is 1. The molecule has 0 saturated carbocycles. The van der Waals surface area contributed by atoms with Gasteiger partial charge in [0.25, 0.3) is 0 Å². The Labute approximate surface area is 106 Å². The van der Waals surface area contributed by atoms with Crippen molar-refractivity contribution in [2.24, 2.45) is 0 Å². The highest BCUT2D eigenvalue weighted by atomic mass is 19.1. The quantitative estimate of drug-likeness (QED) is 0.885. The van der Waals surface area contributed by atoms with Gasteiger partial charge < -0.3 is 10.1 Å². The number of hydrogen-bond donors (Lipinski definition) is 1. The third-order valence-electron chi connectivity index (χ3n) is 2.88. The van der Waals surface area contributed by atoms with Crippen LogP contribution in [0, 0.1) is 12.7 Å². The van der Waals surface area contributed by atoms with Gasteiger partial charge >= 0.3 is 0 Å². The van der Waals surface area contributed by atoms with Crippen LogP contribution in [0.4, 0.5) is 10.1 Å². The molecule has 94 valence electrons. The van der Waals surface area contributed by atoms with E-state index in [9.17, 15) is 4.39 Å². The lowest BCUT2D eigenvalue weighted by atomic mass is 10.1. The van der Waals surface area contributed by atoms with Gasteiger partial charge in [-0.15, -0.1) is 0 Å². The first-order valence-electron chi connectivity index (χ1n) is 5.82. The van der Waals surface area contributed by atoms with Crippen molar-refractivity contribution in [2.75, 3.05) is 12.4 Å². The van der Waals surface area contributed by atoms with Crippen molar-refractivity contribution in [3.8, 4) is 5.75 Å². The highest BCUT2D eigenvalue weighted by molar-refractivity contribution is 5.51. The number of methoxy groups -OCH3 is 1. The third-order valence-corrected chi connectivity index (χ3v) is 2.88. The summed E-state index contributed by atoms with van der Waals surface area (Å²) < 4.78 is 18.5. The van der Waals surface area contributed by atoms with Crippen LogP contribution in [0.2, 0.25) is 0 Å². The largest absolute Gasteiger partial charge is 0.497 e. The first kappa shape index (κ1) is 12.4. The lowest BCUT2D eigenvalue weighted by Gasteiger charge is -2.10. The highest BCUT2D eigenvalue weighted by Crippen LogP contribution is 2.19. The number of rotatable bonds is 4. The van der Waals surface area contributed by atoms with Gasteiger partial charge in [-0.3, -0.25) is 0 Å². The molecule has 2 rings (SSSR count). The van der Waals surface area contributed by atoms with Crippen LogP contribution in [0.3, 0.4) is 0 Å². The van der Waals surface area contributed by atoms with E-state index >= 15 is 0 Å². The maximum Gasteiger partial charge on any atom is 0.128 e. The van der Waals surface area contributed by atoms with Crippen LogP contribution in [0.15, 0.2) is 42.5 Å². The minimum Gasteiger partial charge on any atom is -0.497 e. The molecule has 0 fully saturated rings. The van der Waals surface area contributed by atoms with Gasteiger partial charge in [-0.1, -0.05) is 18.2 Å². The Morgan fingerprint density at radius 1 is 1.17 bits per heavy atom. The van der Waals surface area contributed by atoms with Crippen LogP contribution >= 0.6 is 0 Å². The van der Waals surface area contributed by atoms with Gasteiger partial charge in [0, 0.05) is 17.8 Å².